The van der Waals surface area contributed by atoms with Gasteiger partial charge in [0.05, 0.1) is 0 Å². The number of carbonyl (C=O) groups is 2. The molecular formula is C25H20F2N2O2. The van der Waals surface area contributed by atoms with Crippen LogP contribution >= 0.6 is 0 Å². The van der Waals surface area contributed by atoms with Crippen molar-refractivity contribution in [2.45, 2.75) is 13.3 Å². The van der Waals surface area contributed by atoms with Gasteiger partial charge in [-0.05, 0) is 42.2 Å². The Kier molecular flexibility index (Phi) is 5.62. The SMILES string of the molecule is Cc1c(F)cc(NC2=CC(=O)N(CCc3ccc(-c4ccccc4)cc3)C2=O)cc1F. The van der Waals surface area contributed by atoms with Crippen LogP contribution in [-0.4, -0.2) is 23.3 Å². The minimum absolute atomic E-state index is 0.00733. The summed E-state index contributed by atoms with van der Waals surface area (Å²) in [4.78, 5) is 26.0. The van der Waals surface area contributed by atoms with Crippen molar-refractivity contribution in [3.8, 4) is 11.1 Å². The van der Waals surface area contributed by atoms with Gasteiger partial charge < -0.3 is 5.32 Å². The molecule has 6 heteroatoms. The zero-order chi connectivity index (χ0) is 22.0. The van der Waals surface area contributed by atoms with E-state index in [1.54, 1.807) is 0 Å². The van der Waals surface area contributed by atoms with Gasteiger partial charge in [0, 0.05) is 23.9 Å². The molecule has 0 aromatic heterocycles. The van der Waals surface area contributed by atoms with Crippen molar-refractivity contribution in [2.75, 3.05) is 11.9 Å². The number of amides is 2. The van der Waals surface area contributed by atoms with E-state index in [1.807, 2.05) is 54.6 Å². The number of hydrogen-bond acceptors (Lipinski definition) is 3. The Balaban J connectivity index is 1.39. The van der Waals surface area contributed by atoms with E-state index in [0.717, 1.165) is 39.8 Å². The van der Waals surface area contributed by atoms with E-state index in [4.69, 9.17) is 0 Å². The number of imide groups is 1. The number of nitrogens with zero attached hydrogens (tertiary/aromatic N) is 1. The smallest absolute Gasteiger partial charge is 0.277 e. The molecule has 0 radical (unpaired) electrons. The van der Waals surface area contributed by atoms with Crippen LogP contribution in [0.3, 0.4) is 0 Å². The first-order chi connectivity index (χ1) is 14.9. The predicted molar refractivity (Wildman–Crippen MR) is 115 cm³/mol. The highest BCUT2D eigenvalue weighted by Gasteiger charge is 2.31. The van der Waals surface area contributed by atoms with E-state index in [0.29, 0.717) is 6.42 Å². The molecule has 1 N–H and O–H groups in total. The van der Waals surface area contributed by atoms with Crippen LogP contribution in [-0.2, 0) is 16.0 Å². The molecule has 1 aliphatic heterocycles. The van der Waals surface area contributed by atoms with Gasteiger partial charge in [0.1, 0.15) is 17.3 Å². The van der Waals surface area contributed by atoms with Gasteiger partial charge in [0.15, 0.2) is 0 Å². The third-order valence-electron chi connectivity index (χ3n) is 5.25. The first kappa shape index (κ1) is 20.5. The van der Waals surface area contributed by atoms with Crippen molar-refractivity contribution >= 4 is 17.5 Å². The molecule has 0 unspecified atom stereocenters. The lowest BCUT2D eigenvalue weighted by Crippen LogP contribution is -2.33. The van der Waals surface area contributed by atoms with Crippen LogP contribution in [0.1, 0.15) is 11.1 Å². The fourth-order valence-corrected chi connectivity index (χ4v) is 3.42. The number of halogens is 2. The van der Waals surface area contributed by atoms with Crippen LogP contribution in [0.2, 0.25) is 0 Å². The van der Waals surface area contributed by atoms with Gasteiger partial charge in [-0.2, -0.15) is 0 Å². The van der Waals surface area contributed by atoms with Gasteiger partial charge in [-0.1, -0.05) is 54.6 Å². The number of nitrogens with one attached hydrogen (secondary N) is 1. The molecule has 0 saturated carbocycles. The minimum Gasteiger partial charge on any atom is -0.351 e. The summed E-state index contributed by atoms with van der Waals surface area (Å²) in [5.74, 6) is -2.43. The number of benzene rings is 3. The first-order valence-electron chi connectivity index (χ1n) is 9.87. The molecule has 3 aromatic rings. The number of rotatable bonds is 6. The quantitative estimate of drug-likeness (QED) is 0.583. The van der Waals surface area contributed by atoms with Crippen molar-refractivity contribution in [3.63, 3.8) is 0 Å². The Bertz CT molecular complexity index is 1150. The predicted octanol–water partition coefficient (Wildman–Crippen LogP) is 4.85. The zero-order valence-electron chi connectivity index (χ0n) is 16.9. The van der Waals surface area contributed by atoms with Crippen LogP contribution in [0.5, 0.6) is 0 Å². The fraction of sp³-hybridized carbons (Fsp3) is 0.120. The summed E-state index contributed by atoms with van der Waals surface area (Å²) >= 11 is 0. The second-order valence-corrected chi connectivity index (χ2v) is 7.36. The Labute approximate surface area is 178 Å². The van der Waals surface area contributed by atoms with Crippen molar-refractivity contribution in [1.82, 2.24) is 4.90 Å². The molecule has 0 spiro atoms. The van der Waals surface area contributed by atoms with Crippen LogP contribution in [0.15, 0.2) is 78.5 Å². The molecule has 0 fully saturated rings. The summed E-state index contributed by atoms with van der Waals surface area (Å²) in [6.07, 6.45) is 1.65. The highest BCUT2D eigenvalue weighted by atomic mass is 19.1. The molecule has 0 atom stereocenters. The van der Waals surface area contributed by atoms with E-state index in [2.05, 4.69) is 5.32 Å². The highest BCUT2D eigenvalue weighted by Crippen LogP contribution is 2.23. The molecule has 1 heterocycles. The molecule has 2 amide bonds. The normalized spacial score (nSPS) is 13.5. The molecule has 1 aliphatic rings. The summed E-state index contributed by atoms with van der Waals surface area (Å²) in [7, 11) is 0. The van der Waals surface area contributed by atoms with Gasteiger partial charge in [0.25, 0.3) is 11.8 Å². The molecule has 156 valence electrons. The van der Waals surface area contributed by atoms with Gasteiger partial charge >= 0.3 is 0 Å². The second-order valence-electron chi connectivity index (χ2n) is 7.36. The molecule has 31 heavy (non-hydrogen) atoms. The zero-order valence-corrected chi connectivity index (χ0v) is 16.9. The summed E-state index contributed by atoms with van der Waals surface area (Å²) in [6.45, 7) is 1.53. The molecule has 0 bridgehead atoms. The lowest BCUT2D eigenvalue weighted by Gasteiger charge is -2.15. The monoisotopic (exact) mass is 418 g/mol. The maximum absolute atomic E-state index is 13.7. The highest BCUT2D eigenvalue weighted by molar-refractivity contribution is 6.17. The van der Waals surface area contributed by atoms with E-state index in [9.17, 15) is 18.4 Å². The maximum atomic E-state index is 13.7. The van der Waals surface area contributed by atoms with Crippen LogP contribution in [0.4, 0.5) is 14.5 Å². The Hall–Kier alpha value is -3.80. The lowest BCUT2D eigenvalue weighted by atomic mass is 10.0. The van der Waals surface area contributed by atoms with E-state index in [1.165, 1.54) is 6.92 Å². The molecular weight excluding hydrogens is 398 g/mol. The van der Waals surface area contributed by atoms with E-state index < -0.39 is 23.4 Å². The standard InChI is InChI=1S/C25H20F2N2O2/c1-16-21(26)13-20(14-22(16)27)28-23-15-24(30)29(25(23)31)12-11-17-7-9-19(10-8-17)18-5-3-2-4-6-18/h2-10,13-15,28H,11-12H2,1H3. The molecule has 3 aromatic carbocycles. The number of anilines is 1. The first-order valence-corrected chi connectivity index (χ1v) is 9.87. The van der Waals surface area contributed by atoms with Crippen LogP contribution in [0.25, 0.3) is 11.1 Å². The van der Waals surface area contributed by atoms with E-state index in [-0.39, 0.29) is 23.5 Å². The Morgan fingerprint density at radius 3 is 2.13 bits per heavy atom. The Morgan fingerprint density at radius 2 is 1.48 bits per heavy atom. The summed E-state index contributed by atoms with van der Waals surface area (Å²) in [5, 5.41) is 2.65. The average Bonchev–Trinajstić information content (AvgIpc) is 3.04. The van der Waals surface area contributed by atoms with Crippen molar-refractivity contribution < 1.29 is 18.4 Å². The minimum atomic E-state index is -0.726. The third kappa shape index (κ3) is 4.38. The van der Waals surface area contributed by atoms with Gasteiger partial charge in [0.2, 0.25) is 0 Å². The van der Waals surface area contributed by atoms with Crippen LogP contribution < -0.4 is 5.32 Å². The van der Waals surface area contributed by atoms with Crippen molar-refractivity contribution in [2.24, 2.45) is 0 Å². The summed E-state index contributed by atoms with van der Waals surface area (Å²) in [5.41, 5.74) is 3.15. The number of carbonyl (C=O) groups excluding carboxylic acids is 2. The number of hydrogen-bond donors (Lipinski definition) is 1. The molecule has 4 rings (SSSR count). The van der Waals surface area contributed by atoms with Crippen LogP contribution in [0, 0.1) is 18.6 Å². The summed E-state index contributed by atoms with van der Waals surface area (Å²) in [6, 6.07) is 20.1. The Morgan fingerprint density at radius 1 is 0.871 bits per heavy atom. The largest absolute Gasteiger partial charge is 0.351 e. The van der Waals surface area contributed by atoms with E-state index >= 15 is 0 Å². The maximum Gasteiger partial charge on any atom is 0.277 e. The lowest BCUT2D eigenvalue weighted by molar-refractivity contribution is -0.137. The van der Waals surface area contributed by atoms with Gasteiger partial charge in [-0.15, -0.1) is 0 Å². The van der Waals surface area contributed by atoms with Crippen molar-refractivity contribution in [3.05, 3.63) is 101 Å². The average molecular weight is 418 g/mol. The second kappa shape index (κ2) is 8.52. The third-order valence-corrected chi connectivity index (χ3v) is 5.25. The topological polar surface area (TPSA) is 49.4 Å². The van der Waals surface area contributed by atoms with Crippen molar-refractivity contribution in [1.29, 1.82) is 0 Å². The molecule has 4 nitrogen and oxygen atoms in total. The molecule has 0 aliphatic carbocycles. The fourth-order valence-electron chi connectivity index (χ4n) is 3.42. The van der Waals surface area contributed by atoms with Gasteiger partial charge in [-0.3, -0.25) is 14.5 Å². The molecule has 0 saturated heterocycles. The van der Waals surface area contributed by atoms with Gasteiger partial charge in [-0.25, -0.2) is 8.78 Å². The summed E-state index contributed by atoms with van der Waals surface area (Å²) < 4.78 is 27.5.